The van der Waals surface area contributed by atoms with Gasteiger partial charge >= 0.3 is 0 Å². The van der Waals surface area contributed by atoms with Crippen molar-refractivity contribution in [2.24, 2.45) is 0 Å². The van der Waals surface area contributed by atoms with E-state index >= 15 is 0 Å². The molecule has 0 bridgehead atoms. The molecule has 2 aromatic heterocycles. The van der Waals surface area contributed by atoms with Gasteiger partial charge < -0.3 is 15.0 Å². The molecule has 106 valence electrons. The first-order valence-electron chi connectivity index (χ1n) is 6.42. The van der Waals surface area contributed by atoms with Gasteiger partial charge in [0.05, 0.1) is 19.0 Å². The first-order valence-corrected chi connectivity index (χ1v) is 6.42. The zero-order valence-electron chi connectivity index (χ0n) is 11.5. The van der Waals surface area contributed by atoms with Crippen LogP contribution in [0.4, 0.5) is 5.69 Å². The smallest absolute Gasteiger partial charge is 0.276 e. The number of ether oxygens (including phenoxy) is 1. The molecule has 0 unspecified atom stereocenters. The number of aromatic nitrogens is 3. The van der Waals surface area contributed by atoms with Crippen LogP contribution < -0.4 is 10.5 Å². The standard InChI is InChI=1S/C15H14N4O2/c1-20-12-4-2-3-10(7-12)8-14-18-15(21-19-14)13-6-5-11(16)9-17-13/h2-7,9H,8,16H2,1H3. The quantitative estimate of drug-likeness (QED) is 0.790. The average molecular weight is 282 g/mol. The highest BCUT2D eigenvalue weighted by molar-refractivity contribution is 5.50. The summed E-state index contributed by atoms with van der Waals surface area (Å²) in [5.74, 6) is 1.78. The predicted octanol–water partition coefficient (Wildman–Crippen LogP) is 2.31. The molecule has 1 aromatic carbocycles. The van der Waals surface area contributed by atoms with E-state index in [4.69, 9.17) is 15.0 Å². The Labute approximate surface area is 121 Å². The highest BCUT2D eigenvalue weighted by Crippen LogP contribution is 2.18. The molecule has 6 nitrogen and oxygen atoms in total. The molecule has 21 heavy (non-hydrogen) atoms. The Morgan fingerprint density at radius 2 is 2.14 bits per heavy atom. The summed E-state index contributed by atoms with van der Waals surface area (Å²) < 4.78 is 10.4. The molecule has 0 saturated carbocycles. The third-order valence-corrected chi connectivity index (χ3v) is 2.97. The molecular weight excluding hydrogens is 268 g/mol. The van der Waals surface area contributed by atoms with Gasteiger partial charge in [0.25, 0.3) is 5.89 Å². The molecule has 0 radical (unpaired) electrons. The Morgan fingerprint density at radius 1 is 1.24 bits per heavy atom. The molecule has 3 aromatic rings. The summed E-state index contributed by atoms with van der Waals surface area (Å²) in [6.45, 7) is 0. The lowest BCUT2D eigenvalue weighted by atomic mass is 10.1. The number of rotatable bonds is 4. The third kappa shape index (κ3) is 3.00. The first kappa shape index (κ1) is 13.1. The van der Waals surface area contributed by atoms with E-state index in [9.17, 15) is 0 Å². The van der Waals surface area contributed by atoms with E-state index in [2.05, 4.69) is 15.1 Å². The minimum atomic E-state index is 0.382. The van der Waals surface area contributed by atoms with E-state index in [0.29, 0.717) is 29.5 Å². The highest BCUT2D eigenvalue weighted by atomic mass is 16.5. The van der Waals surface area contributed by atoms with E-state index in [0.717, 1.165) is 11.3 Å². The Hall–Kier alpha value is -2.89. The number of nitrogens with zero attached hydrogens (tertiary/aromatic N) is 3. The van der Waals surface area contributed by atoms with Gasteiger partial charge in [-0.2, -0.15) is 4.98 Å². The lowest BCUT2D eigenvalue weighted by Crippen LogP contribution is -1.92. The van der Waals surface area contributed by atoms with Crippen LogP contribution in [0.2, 0.25) is 0 Å². The lowest BCUT2D eigenvalue weighted by molar-refractivity contribution is 0.414. The van der Waals surface area contributed by atoms with Crippen LogP contribution in [-0.4, -0.2) is 22.2 Å². The van der Waals surface area contributed by atoms with Crippen molar-refractivity contribution in [3.63, 3.8) is 0 Å². The summed E-state index contributed by atoms with van der Waals surface area (Å²) in [5, 5.41) is 3.97. The maximum atomic E-state index is 5.60. The second-order valence-corrected chi connectivity index (χ2v) is 4.52. The van der Waals surface area contributed by atoms with Gasteiger partial charge in [0.2, 0.25) is 0 Å². The van der Waals surface area contributed by atoms with Crippen LogP contribution in [0, 0.1) is 0 Å². The van der Waals surface area contributed by atoms with Crippen molar-refractivity contribution < 1.29 is 9.26 Å². The molecule has 0 saturated heterocycles. The van der Waals surface area contributed by atoms with Gasteiger partial charge in [-0.25, -0.2) is 4.98 Å². The van der Waals surface area contributed by atoms with Crippen LogP contribution >= 0.6 is 0 Å². The third-order valence-electron chi connectivity index (χ3n) is 2.97. The van der Waals surface area contributed by atoms with Gasteiger partial charge in [0.15, 0.2) is 5.82 Å². The van der Waals surface area contributed by atoms with Crippen molar-refractivity contribution in [1.29, 1.82) is 0 Å². The van der Waals surface area contributed by atoms with Crippen molar-refractivity contribution in [2.45, 2.75) is 6.42 Å². The van der Waals surface area contributed by atoms with Crippen LogP contribution in [-0.2, 0) is 6.42 Å². The summed E-state index contributed by atoms with van der Waals surface area (Å²) >= 11 is 0. The molecule has 0 aliphatic carbocycles. The Bertz CT molecular complexity index is 737. The van der Waals surface area contributed by atoms with E-state index in [-0.39, 0.29) is 0 Å². The number of anilines is 1. The molecule has 2 N–H and O–H groups in total. The molecule has 0 amide bonds. The Kier molecular flexibility index (Phi) is 3.51. The van der Waals surface area contributed by atoms with Crippen LogP contribution in [0.5, 0.6) is 5.75 Å². The number of hydrogen-bond donors (Lipinski definition) is 1. The largest absolute Gasteiger partial charge is 0.497 e. The van der Waals surface area contributed by atoms with Crippen LogP contribution in [0.15, 0.2) is 47.1 Å². The molecule has 0 aliphatic heterocycles. The van der Waals surface area contributed by atoms with Crippen molar-refractivity contribution >= 4 is 5.69 Å². The summed E-state index contributed by atoms with van der Waals surface area (Å²) in [6.07, 6.45) is 2.12. The fraction of sp³-hybridized carbons (Fsp3) is 0.133. The van der Waals surface area contributed by atoms with Gasteiger partial charge in [-0.3, -0.25) is 0 Å². The topological polar surface area (TPSA) is 87.1 Å². The van der Waals surface area contributed by atoms with Gasteiger partial charge in [-0.1, -0.05) is 17.3 Å². The van der Waals surface area contributed by atoms with Gasteiger partial charge in [-0.15, -0.1) is 0 Å². The van der Waals surface area contributed by atoms with E-state index in [1.807, 2.05) is 24.3 Å². The number of benzene rings is 1. The molecule has 0 spiro atoms. The molecule has 3 rings (SSSR count). The number of methoxy groups -OCH3 is 1. The van der Waals surface area contributed by atoms with Crippen LogP contribution in [0.25, 0.3) is 11.6 Å². The number of nitrogen functional groups attached to an aromatic ring is 1. The average Bonchev–Trinajstić information content (AvgIpc) is 2.96. The fourth-order valence-corrected chi connectivity index (χ4v) is 1.93. The number of pyridine rings is 1. The molecule has 6 heteroatoms. The molecule has 0 atom stereocenters. The lowest BCUT2D eigenvalue weighted by Gasteiger charge is -2.01. The van der Waals surface area contributed by atoms with Crippen LogP contribution in [0.1, 0.15) is 11.4 Å². The Morgan fingerprint density at radius 3 is 2.90 bits per heavy atom. The monoisotopic (exact) mass is 282 g/mol. The highest BCUT2D eigenvalue weighted by Gasteiger charge is 2.10. The number of hydrogen-bond acceptors (Lipinski definition) is 6. The predicted molar refractivity (Wildman–Crippen MR) is 77.7 cm³/mol. The van der Waals surface area contributed by atoms with Gasteiger partial charge in [-0.05, 0) is 29.8 Å². The zero-order chi connectivity index (χ0) is 14.7. The second-order valence-electron chi connectivity index (χ2n) is 4.52. The maximum absolute atomic E-state index is 5.60. The number of nitrogens with two attached hydrogens (primary N) is 1. The fourth-order valence-electron chi connectivity index (χ4n) is 1.93. The SMILES string of the molecule is COc1cccc(Cc2noc(-c3ccc(N)cn3)n2)c1. The zero-order valence-corrected chi connectivity index (χ0v) is 11.5. The summed E-state index contributed by atoms with van der Waals surface area (Å²) in [5.41, 5.74) is 7.84. The normalized spacial score (nSPS) is 10.5. The molecular formula is C15H14N4O2. The van der Waals surface area contributed by atoms with Crippen molar-refractivity contribution in [1.82, 2.24) is 15.1 Å². The summed E-state index contributed by atoms with van der Waals surface area (Å²) in [6, 6.07) is 11.2. The molecule has 2 heterocycles. The molecule has 0 fully saturated rings. The van der Waals surface area contributed by atoms with Gasteiger partial charge in [0, 0.05) is 6.42 Å². The van der Waals surface area contributed by atoms with Gasteiger partial charge in [0.1, 0.15) is 11.4 Å². The van der Waals surface area contributed by atoms with Crippen LogP contribution in [0.3, 0.4) is 0 Å². The minimum Gasteiger partial charge on any atom is -0.497 e. The first-order chi connectivity index (χ1) is 10.2. The van der Waals surface area contributed by atoms with E-state index < -0.39 is 0 Å². The van der Waals surface area contributed by atoms with E-state index in [1.165, 1.54) is 0 Å². The summed E-state index contributed by atoms with van der Waals surface area (Å²) in [7, 11) is 1.64. The summed E-state index contributed by atoms with van der Waals surface area (Å²) in [4.78, 5) is 8.49. The minimum absolute atomic E-state index is 0.382. The van der Waals surface area contributed by atoms with Crippen molar-refractivity contribution in [2.75, 3.05) is 12.8 Å². The van der Waals surface area contributed by atoms with Crippen molar-refractivity contribution in [3.05, 3.63) is 54.0 Å². The molecule has 0 aliphatic rings. The van der Waals surface area contributed by atoms with Crippen molar-refractivity contribution in [3.8, 4) is 17.3 Å². The maximum Gasteiger partial charge on any atom is 0.276 e. The second kappa shape index (κ2) is 5.62. The Balaban J connectivity index is 1.80. The van der Waals surface area contributed by atoms with E-state index in [1.54, 1.807) is 25.4 Å².